The summed E-state index contributed by atoms with van der Waals surface area (Å²) in [6, 6.07) is 16.0. The number of aliphatic carboxylic acids is 1. The number of rotatable bonds is 7. The highest BCUT2D eigenvalue weighted by Crippen LogP contribution is 2.46. The minimum absolute atomic E-state index is 0.0171. The van der Waals surface area contributed by atoms with Crippen LogP contribution in [0, 0.1) is 11.3 Å². The van der Waals surface area contributed by atoms with E-state index in [1.54, 1.807) is 0 Å². The lowest BCUT2D eigenvalue weighted by Gasteiger charge is -2.22. The Bertz CT molecular complexity index is 1050. The maximum Gasteiger partial charge on any atom is 0.407 e. The Kier molecular flexibility index (Phi) is 5.56. The third-order valence-corrected chi connectivity index (χ3v) is 7.41. The molecule has 0 bridgehead atoms. The van der Waals surface area contributed by atoms with Crippen molar-refractivity contribution in [2.75, 3.05) is 13.2 Å². The Labute approximate surface area is 192 Å². The molecule has 0 saturated heterocycles. The Morgan fingerprint density at radius 1 is 0.970 bits per heavy atom. The number of ether oxygens (including phenoxy) is 1. The van der Waals surface area contributed by atoms with Gasteiger partial charge in [0, 0.05) is 18.5 Å². The normalized spacial score (nSPS) is 22.2. The molecule has 0 spiro atoms. The Morgan fingerprint density at radius 3 is 2.21 bits per heavy atom. The summed E-state index contributed by atoms with van der Waals surface area (Å²) in [4.78, 5) is 36.6. The molecular weight excluding hydrogens is 420 g/mol. The van der Waals surface area contributed by atoms with Gasteiger partial charge in [-0.05, 0) is 47.9 Å². The van der Waals surface area contributed by atoms with Gasteiger partial charge >= 0.3 is 12.1 Å². The Morgan fingerprint density at radius 2 is 1.61 bits per heavy atom. The fraction of sp³-hybridized carbons (Fsp3) is 0.423. The molecule has 2 aromatic rings. The molecule has 2 atom stereocenters. The molecule has 33 heavy (non-hydrogen) atoms. The van der Waals surface area contributed by atoms with Crippen LogP contribution in [-0.4, -0.2) is 42.3 Å². The number of amides is 2. The molecule has 7 heteroatoms. The fourth-order valence-electron chi connectivity index (χ4n) is 5.24. The lowest BCUT2D eigenvalue weighted by Crippen LogP contribution is -2.46. The summed E-state index contributed by atoms with van der Waals surface area (Å²) >= 11 is 0. The van der Waals surface area contributed by atoms with Crippen molar-refractivity contribution in [2.24, 2.45) is 11.3 Å². The van der Waals surface area contributed by atoms with Crippen molar-refractivity contribution in [3.05, 3.63) is 59.7 Å². The van der Waals surface area contributed by atoms with E-state index in [2.05, 4.69) is 34.9 Å². The largest absolute Gasteiger partial charge is 0.481 e. The smallest absolute Gasteiger partial charge is 0.407 e. The number of carbonyl (C=O) groups excluding carboxylic acids is 2. The number of hydrogen-bond donors (Lipinski definition) is 3. The van der Waals surface area contributed by atoms with Gasteiger partial charge < -0.3 is 20.5 Å². The van der Waals surface area contributed by atoms with Crippen LogP contribution in [0.15, 0.2) is 48.5 Å². The molecule has 2 saturated carbocycles. The first-order valence-electron chi connectivity index (χ1n) is 11.6. The van der Waals surface area contributed by atoms with Crippen LogP contribution < -0.4 is 10.6 Å². The quantitative estimate of drug-likeness (QED) is 0.599. The average molecular weight is 449 g/mol. The van der Waals surface area contributed by atoms with Gasteiger partial charge in [0.2, 0.25) is 5.91 Å². The topological polar surface area (TPSA) is 105 Å². The third-order valence-electron chi connectivity index (χ3n) is 7.41. The van der Waals surface area contributed by atoms with E-state index in [-0.39, 0.29) is 36.9 Å². The molecule has 2 aromatic carbocycles. The van der Waals surface area contributed by atoms with Crippen molar-refractivity contribution in [2.45, 2.75) is 44.1 Å². The van der Waals surface area contributed by atoms with Crippen LogP contribution in [0.5, 0.6) is 0 Å². The van der Waals surface area contributed by atoms with Gasteiger partial charge in [-0.3, -0.25) is 9.59 Å². The van der Waals surface area contributed by atoms with Gasteiger partial charge in [0.05, 0.1) is 11.3 Å². The molecule has 172 valence electrons. The summed E-state index contributed by atoms with van der Waals surface area (Å²) in [5, 5.41) is 15.0. The van der Waals surface area contributed by atoms with Crippen LogP contribution in [0.4, 0.5) is 4.79 Å². The predicted octanol–water partition coefficient (Wildman–Crippen LogP) is 3.67. The molecule has 3 aliphatic carbocycles. The summed E-state index contributed by atoms with van der Waals surface area (Å²) in [6.07, 6.45) is 2.86. The molecule has 2 fully saturated rings. The summed E-state index contributed by atoms with van der Waals surface area (Å²) in [5.74, 6) is -1.43. The van der Waals surface area contributed by atoms with Crippen molar-refractivity contribution in [1.82, 2.24) is 10.6 Å². The highest BCUT2D eigenvalue weighted by atomic mass is 16.5. The molecular formula is C26H28N2O5. The first kappa shape index (κ1) is 21.5. The van der Waals surface area contributed by atoms with Crippen molar-refractivity contribution in [1.29, 1.82) is 0 Å². The zero-order valence-electron chi connectivity index (χ0n) is 18.4. The number of alkyl carbamates (subject to hydrolysis) is 1. The number of carboxylic acid groups (broad SMARTS) is 1. The second kappa shape index (κ2) is 8.54. The molecule has 3 aliphatic rings. The molecule has 0 aromatic heterocycles. The molecule has 3 N–H and O–H groups in total. The zero-order valence-corrected chi connectivity index (χ0v) is 18.4. The van der Waals surface area contributed by atoms with Crippen LogP contribution in [0.1, 0.15) is 49.1 Å². The number of carbonyl (C=O) groups is 3. The number of fused-ring (bicyclic) bond motifs is 3. The number of hydrogen-bond acceptors (Lipinski definition) is 4. The number of nitrogens with one attached hydrogen (secondary N) is 2. The fourth-order valence-corrected chi connectivity index (χ4v) is 5.24. The molecule has 0 heterocycles. The van der Waals surface area contributed by atoms with Gasteiger partial charge in [-0.1, -0.05) is 55.0 Å². The van der Waals surface area contributed by atoms with E-state index in [1.807, 2.05) is 24.3 Å². The van der Waals surface area contributed by atoms with Gasteiger partial charge in [-0.15, -0.1) is 0 Å². The first-order chi connectivity index (χ1) is 16.0. The van der Waals surface area contributed by atoms with Crippen molar-refractivity contribution >= 4 is 18.0 Å². The highest BCUT2D eigenvalue weighted by Gasteiger charge is 2.50. The summed E-state index contributed by atoms with van der Waals surface area (Å²) < 4.78 is 5.63. The highest BCUT2D eigenvalue weighted by molar-refractivity contribution is 5.83. The van der Waals surface area contributed by atoms with Gasteiger partial charge in [-0.25, -0.2) is 4.79 Å². The molecule has 0 radical (unpaired) electrons. The molecule has 0 unspecified atom stereocenters. The molecule has 2 amide bonds. The van der Waals surface area contributed by atoms with Gasteiger partial charge in [0.1, 0.15) is 6.61 Å². The average Bonchev–Trinajstić information content (AvgIpc) is 3.38. The maximum atomic E-state index is 12.7. The van der Waals surface area contributed by atoms with E-state index in [0.717, 1.165) is 17.5 Å². The molecule has 5 rings (SSSR count). The second-order valence-electron chi connectivity index (χ2n) is 9.42. The van der Waals surface area contributed by atoms with E-state index in [9.17, 15) is 19.5 Å². The van der Waals surface area contributed by atoms with Crippen LogP contribution in [-0.2, 0) is 14.3 Å². The van der Waals surface area contributed by atoms with Gasteiger partial charge in [0.25, 0.3) is 0 Å². The predicted molar refractivity (Wildman–Crippen MR) is 122 cm³/mol. The zero-order chi connectivity index (χ0) is 23.0. The van der Waals surface area contributed by atoms with Gasteiger partial charge in [-0.2, -0.15) is 0 Å². The SMILES string of the molecule is O=C(N[C@H]1CCC[C@H]1C(=O)NCC1(C(=O)O)CC1)OCC1c2ccccc2-c2ccccc21. The van der Waals surface area contributed by atoms with Crippen molar-refractivity contribution in [3.8, 4) is 11.1 Å². The maximum absolute atomic E-state index is 12.7. The first-order valence-corrected chi connectivity index (χ1v) is 11.6. The summed E-state index contributed by atoms with van der Waals surface area (Å²) in [5.41, 5.74) is 3.84. The second-order valence-corrected chi connectivity index (χ2v) is 9.42. The number of carboxylic acids is 1. The van der Waals surface area contributed by atoms with E-state index in [4.69, 9.17) is 4.74 Å². The minimum atomic E-state index is -0.859. The van der Waals surface area contributed by atoms with Gasteiger partial charge in [0.15, 0.2) is 0 Å². The summed E-state index contributed by atoms with van der Waals surface area (Å²) in [7, 11) is 0. The monoisotopic (exact) mass is 448 g/mol. The molecule has 0 aliphatic heterocycles. The Hall–Kier alpha value is -3.35. The standard InChI is InChI=1S/C26H28N2O5/c29-23(27-15-26(12-13-26)24(30)31)20-10-5-11-22(20)28-25(32)33-14-21-18-8-3-1-6-16(18)17-7-2-4-9-19(17)21/h1-4,6-9,20-22H,5,10-15H2,(H,27,29)(H,28,32)(H,30,31)/t20-,22+/m1/s1. The summed E-state index contributed by atoms with van der Waals surface area (Å²) in [6.45, 7) is 0.375. The lowest BCUT2D eigenvalue weighted by atomic mass is 9.98. The van der Waals surface area contributed by atoms with E-state index in [0.29, 0.717) is 25.7 Å². The van der Waals surface area contributed by atoms with Crippen LogP contribution >= 0.6 is 0 Å². The van der Waals surface area contributed by atoms with Crippen LogP contribution in [0.25, 0.3) is 11.1 Å². The Balaban J connectivity index is 1.17. The van der Waals surface area contributed by atoms with E-state index >= 15 is 0 Å². The van der Waals surface area contributed by atoms with Crippen LogP contribution in [0.2, 0.25) is 0 Å². The lowest BCUT2D eigenvalue weighted by molar-refractivity contribution is -0.143. The molecule has 7 nitrogen and oxygen atoms in total. The van der Waals surface area contributed by atoms with Crippen LogP contribution in [0.3, 0.4) is 0 Å². The third kappa shape index (κ3) is 4.08. The van der Waals surface area contributed by atoms with E-state index < -0.39 is 17.5 Å². The van der Waals surface area contributed by atoms with E-state index in [1.165, 1.54) is 11.1 Å². The number of benzene rings is 2. The van der Waals surface area contributed by atoms with Crippen molar-refractivity contribution < 1.29 is 24.2 Å². The minimum Gasteiger partial charge on any atom is -0.481 e. The van der Waals surface area contributed by atoms with Crippen molar-refractivity contribution in [3.63, 3.8) is 0 Å².